The molecule has 6 nitrogen and oxygen atoms in total. The van der Waals surface area contributed by atoms with Crippen molar-refractivity contribution >= 4 is 46.8 Å². The number of esters is 1. The fourth-order valence-corrected chi connectivity index (χ4v) is 1.38. The van der Waals surface area contributed by atoms with Gasteiger partial charge in [0.05, 0.1) is 22.3 Å². The first-order chi connectivity index (χ1) is 9.08. The van der Waals surface area contributed by atoms with E-state index in [9.17, 15) is 4.79 Å². The number of carbonyl (C=O) groups is 1. The molecule has 0 radical (unpaired) electrons. The number of nitrogens with zero attached hydrogens (tertiary/aromatic N) is 2. The number of nitrogens with one attached hydrogen (secondary N) is 1. The maximum Gasteiger partial charge on any atom is 0.360 e. The van der Waals surface area contributed by atoms with Crippen molar-refractivity contribution in [1.29, 1.82) is 0 Å². The molecular formula is C11H11Cl2N3O3. The molecule has 0 unspecified atom stereocenters. The van der Waals surface area contributed by atoms with Crippen molar-refractivity contribution in [2.45, 2.75) is 6.92 Å². The van der Waals surface area contributed by atoms with Gasteiger partial charge in [-0.3, -0.25) is 5.43 Å². The minimum absolute atomic E-state index is 0.184. The average Bonchev–Trinajstić information content (AvgIpc) is 2.38. The van der Waals surface area contributed by atoms with E-state index in [1.807, 2.05) is 0 Å². The molecule has 0 heterocycles. The van der Waals surface area contributed by atoms with Gasteiger partial charge in [-0.1, -0.05) is 28.4 Å². The molecule has 2 N–H and O–H groups in total. The second kappa shape index (κ2) is 7.60. The normalized spacial score (nSPS) is 11.6. The van der Waals surface area contributed by atoms with Crippen molar-refractivity contribution in [2.24, 2.45) is 10.3 Å². The molecule has 0 atom stereocenters. The molecule has 8 heteroatoms. The van der Waals surface area contributed by atoms with Crippen LogP contribution in [0.4, 0.5) is 5.69 Å². The molecule has 1 aromatic rings. The van der Waals surface area contributed by atoms with Crippen LogP contribution in [0, 0.1) is 0 Å². The van der Waals surface area contributed by atoms with E-state index >= 15 is 0 Å². The van der Waals surface area contributed by atoms with Crippen LogP contribution in [0.5, 0.6) is 0 Å². The lowest BCUT2D eigenvalue weighted by Gasteiger charge is -2.04. The summed E-state index contributed by atoms with van der Waals surface area (Å²) in [4.78, 5) is 11.4. The summed E-state index contributed by atoms with van der Waals surface area (Å²) in [6, 6.07) is 4.73. The van der Waals surface area contributed by atoms with Gasteiger partial charge >= 0.3 is 5.97 Å². The van der Waals surface area contributed by atoms with Gasteiger partial charge < -0.3 is 9.94 Å². The first-order valence-electron chi connectivity index (χ1n) is 5.21. The van der Waals surface area contributed by atoms with Gasteiger partial charge in [-0.15, -0.1) is 0 Å². The predicted octanol–water partition coefficient (Wildman–Crippen LogP) is 2.78. The van der Waals surface area contributed by atoms with Gasteiger partial charge in [0.2, 0.25) is 0 Å². The molecule has 0 bridgehead atoms. The predicted molar refractivity (Wildman–Crippen MR) is 74.4 cm³/mol. The Kier molecular flexibility index (Phi) is 6.11. The van der Waals surface area contributed by atoms with Crippen LogP contribution in [0.1, 0.15) is 6.92 Å². The summed E-state index contributed by atoms with van der Waals surface area (Å²) in [5.41, 5.74) is 2.91. The summed E-state index contributed by atoms with van der Waals surface area (Å²) < 4.78 is 4.73. The highest BCUT2D eigenvalue weighted by molar-refractivity contribution is 6.59. The molecule has 102 valence electrons. The van der Waals surface area contributed by atoms with Crippen LogP contribution in [0.25, 0.3) is 0 Å². The number of ether oxygens (including phenoxy) is 1. The van der Waals surface area contributed by atoms with E-state index in [0.29, 0.717) is 15.7 Å². The van der Waals surface area contributed by atoms with E-state index in [4.69, 9.17) is 33.1 Å². The first kappa shape index (κ1) is 15.3. The zero-order valence-corrected chi connectivity index (χ0v) is 11.4. The van der Waals surface area contributed by atoms with E-state index in [2.05, 4.69) is 15.7 Å². The van der Waals surface area contributed by atoms with Gasteiger partial charge in [0, 0.05) is 0 Å². The second-order valence-corrected chi connectivity index (χ2v) is 4.02. The van der Waals surface area contributed by atoms with Crippen molar-refractivity contribution in [3.8, 4) is 0 Å². The molecule has 0 spiro atoms. The maximum absolute atomic E-state index is 11.4. The molecule has 0 aliphatic rings. The van der Waals surface area contributed by atoms with Crippen LogP contribution in [0.3, 0.4) is 0 Å². The molecule has 19 heavy (non-hydrogen) atoms. The van der Waals surface area contributed by atoms with Crippen LogP contribution >= 0.6 is 23.2 Å². The SMILES string of the molecule is CCOC(=O)C(/C=N/O)=N/Nc1ccc(Cl)c(Cl)c1. The molecule has 0 saturated carbocycles. The minimum Gasteiger partial charge on any atom is -0.461 e. The third kappa shape index (κ3) is 4.76. The number of halogens is 2. The largest absolute Gasteiger partial charge is 0.461 e. The Balaban J connectivity index is 2.85. The van der Waals surface area contributed by atoms with Crippen molar-refractivity contribution in [2.75, 3.05) is 12.0 Å². The summed E-state index contributed by atoms with van der Waals surface area (Å²) in [5, 5.41) is 15.7. The van der Waals surface area contributed by atoms with Gasteiger partial charge in [0.15, 0.2) is 5.71 Å². The van der Waals surface area contributed by atoms with Crippen molar-refractivity contribution in [3.05, 3.63) is 28.2 Å². The number of carbonyl (C=O) groups excluding carboxylic acids is 1. The van der Waals surface area contributed by atoms with Crippen molar-refractivity contribution in [3.63, 3.8) is 0 Å². The molecule has 0 saturated heterocycles. The smallest absolute Gasteiger partial charge is 0.360 e. The van der Waals surface area contributed by atoms with Gasteiger partial charge in [-0.2, -0.15) is 5.10 Å². The van der Waals surface area contributed by atoms with E-state index in [0.717, 1.165) is 6.21 Å². The monoisotopic (exact) mass is 303 g/mol. The summed E-state index contributed by atoms with van der Waals surface area (Å²) in [6.07, 6.45) is 0.864. The van der Waals surface area contributed by atoms with Crippen LogP contribution in [0.2, 0.25) is 10.0 Å². The van der Waals surface area contributed by atoms with Gasteiger partial charge in [-0.05, 0) is 25.1 Å². The highest BCUT2D eigenvalue weighted by Gasteiger charge is 2.10. The zero-order chi connectivity index (χ0) is 14.3. The fourth-order valence-electron chi connectivity index (χ4n) is 1.08. The van der Waals surface area contributed by atoms with Crippen LogP contribution < -0.4 is 5.43 Å². The van der Waals surface area contributed by atoms with Crippen LogP contribution in [0.15, 0.2) is 28.5 Å². The Morgan fingerprint density at radius 2 is 2.21 bits per heavy atom. The molecular weight excluding hydrogens is 293 g/mol. The summed E-state index contributed by atoms with van der Waals surface area (Å²) >= 11 is 11.6. The van der Waals surface area contributed by atoms with Gasteiger partial charge in [0.25, 0.3) is 0 Å². The topological polar surface area (TPSA) is 83.3 Å². The van der Waals surface area contributed by atoms with Crippen LogP contribution in [-0.2, 0) is 9.53 Å². The fraction of sp³-hybridized carbons (Fsp3) is 0.182. The lowest BCUT2D eigenvalue weighted by Crippen LogP contribution is -2.20. The third-order valence-corrected chi connectivity index (χ3v) is 2.63. The number of benzene rings is 1. The molecule has 0 fully saturated rings. The summed E-state index contributed by atoms with van der Waals surface area (Å²) in [7, 11) is 0. The number of hydrogen-bond acceptors (Lipinski definition) is 6. The lowest BCUT2D eigenvalue weighted by atomic mass is 10.3. The zero-order valence-electron chi connectivity index (χ0n) is 9.93. The molecule has 0 amide bonds. The number of rotatable bonds is 5. The highest BCUT2D eigenvalue weighted by Crippen LogP contribution is 2.24. The number of oxime groups is 1. The Morgan fingerprint density at radius 1 is 1.47 bits per heavy atom. The Labute approximate surface area is 119 Å². The first-order valence-corrected chi connectivity index (χ1v) is 5.97. The van der Waals surface area contributed by atoms with Crippen molar-refractivity contribution < 1.29 is 14.7 Å². The standard InChI is InChI=1S/C11H11Cl2N3O3/c1-2-19-11(17)10(6-14-18)16-15-7-3-4-8(12)9(13)5-7/h3-6,15,18H,2H2,1H3/b14-6+,16-10+. The maximum atomic E-state index is 11.4. The summed E-state index contributed by atoms with van der Waals surface area (Å²) in [6.45, 7) is 1.84. The Bertz CT molecular complexity index is 518. The molecule has 1 aromatic carbocycles. The van der Waals surface area contributed by atoms with E-state index in [-0.39, 0.29) is 12.3 Å². The minimum atomic E-state index is -0.715. The van der Waals surface area contributed by atoms with E-state index < -0.39 is 5.97 Å². The second-order valence-electron chi connectivity index (χ2n) is 3.20. The van der Waals surface area contributed by atoms with Crippen molar-refractivity contribution in [1.82, 2.24) is 0 Å². The number of hydrazone groups is 1. The Hall–Kier alpha value is -1.79. The Morgan fingerprint density at radius 3 is 2.79 bits per heavy atom. The molecule has 1 rings (SSSR count). The van der Waals surface area contributed by atoms with Gasteiger partial charge in [0.1, 0.15) is 6.21 Å². The molecule has 0 aliphatic carbocycles. The lowest BCUT2D eigenvalue weighted by molar-refractivity contribution is -0.134. The highest BCUT2D eigenvalue weighted by atomic mass is 35.5. The number of anilines is 1. The summed E-state index contributed by atoms with van der Waals surface area (Å²) in [5.74, 6) is -0.715. The van der Waals surface area contributed by atoms with Gasteiger partial charge in [-0.25, -0.2) is 4.79 Å². The molecule has 0 aliphatic heterocycles. The van der Waals surface area contributed by atoms with E-state index in [1.54, 1.807) is 19.1 Å². The van der Waals surface area contributed by atoms with Crippen LogP contribution in [-0.4, -0.2) is 29.7 Å². The van der Waals surface area contributed by atoms with E-state index in [1.165, 1.54) is 6.07 Å². The quantitative estimate of drug-likeness (QED) is 0.379. The average molecular weight is 304 g/mol. The number of hydrogen-bond donors (Lipinski definition) is 2. The third-order valence-electron chi connectivity index (χ3n) is 1.89. The molecule has 0 aromatic heterocycles.